The predicted octanol–water partition coefficient (Wildman–Crippen LogP) is 1.97. The topological polar surface area (TPSA) is 42.7 Å². The molecule has 0 bridgehead atoms. The highest BCUT2D eigenvalue weighted by Crippen LogP contribution is 1.98. The van der Waals surface area contributed by atoms with Crippen molar-refractivity contribution in [3.63, 3.8) is 0 Å². The van der Waals surface area contributed by atoms with Crippen molar-refractivity contribution < 1.29 is 0 Å². The van der Waals surface area contributed by atoms with Crippen molar-refractivity contribution in [1.29, 1.82) is 0 Å². The Morgan fingerprint density at radius 3 is 2.87 bits per heavy atom. The van der Waals surface area contributed by atoms with Crippen molar-refractivity contribution >= 4 is 0 Å². The summed E-state index contributed by atoms with van der Waals surface area (Å²) in [6.45, 7) is 7.12. The Hall–Kier alpha value is -0.900. The highest BCUT2D eigenvalue weighted by Gasteiger charge is 2.00. The molecule has 0 aliphatic heterocycles. The predicted molar refractivity (Wildman–Crippen MR) is 61.5 cm³/mol. The number of unbranched alkanes of at least 4 members (excludes halogenated alkanes) is 3. The number of hydrogen-bond acceptors (Lipinski definition) is 3. The van der Waals surface area contributed by atoms with E-state index in [2.05, 4.69) is 29.2 Å². The van der Waals surface area contributed by atoms with E-state index in [0.717, 1.165) is 25.5 Å². The number of rotatable bonds is 8. The average molecular weight is 210 g/mol. The van der Waals surface area contributed by atoms with Crippen molar-refractivity contribution in [3.8, 4) is 0 Å². The van der Waals surface area contributed by atoms with Crippen LogP contribution in [0.5, 0.6) is 0 Å². The molecule has 0 amide bonds. The van der Waals surface area contributed by atoms with Crippen molar-refractivity contribution in [3.05, 3.63) is 12.2 Å². The molecule has 1 N–H and O–H groups in total. The molecule has 0 atom stereocenters. The van der Waals surface area contributed by atoms with Crippen molar-refractivity contribution in [1.82, 2.24) is 20.1 Å². The first-order valence-corrected chi connectivity index (χ1v) is 5.95. The number of nitrogens with zero attached hydrogens (tertiary/aromatic N) is 3. The fourth-order valence-corrected chi connectivity index (χ4v) is 1.57. The van der Waals surface area contributed by atoms with Crippen LogP contribution >= 0.6 is 0 Å². The SMILES string of the molecule is CCCCCCNCc1ncnn1CC. The van der Waals surface area contributed by atoms with E-state index in [1.165, 1.54) is 25.7 Å². The first-order valence-electron chi connectivity index (χ1n) is 5.95. The molecular weight excluding hydrogens is 188 g/mol. The van der Waals surface area contributed by atoms with Crippen molar-refractivity contribution in [2.45, 2.75) is 52.6 Å². The summed E-state index contributed by atoms with van der Waals surface area (Å²) >= 11 is 0. The van der Waals surface area contributed by atoms with E-state index in [9.17, 15) is 0 Å². The average Bonchev–Trinajstić information content (AvgIpc) is 2.70. The quantitative estimate of drug-likeness (QED) is 0.667. The molecule has 0 aliphatic carbocycles. The first-order chi connectivity index (χ1) is 7.38. The number of aryl methyl sites for hydroxylation is 1. The summed E-state index contributed by atoms with van der Waals surface area (Å²) in [5.41, 5.74) is 0. The Kier molecular flexibility index (Phi) is 6.00. The van der Waals surface area contributed by atoms with Gasteiger partial charge in [0.25, 0.3) is 0 Å². The summed E-state index contributed by atoms with van der Waals surface area (Å²) in [5, 5.41) is 7.53. The number of nitrogens with one attached hydrogen (secondary N) is 1. The Morgan fingerprint density at radius 2 is 2.13 bits per heavy atom. The molecule has 0 aliphatic rings. The van der Waals surface area contributed by atoms with Gasteiger partial charge in [0.15, 0.2) is 0 Å². The molecule has 0 radical (unpaired) electrons. The van der Waals surface area contributed by atoms with Crippen molar-refractivity contribution in [2.24, 2.45) is 0 Å². The van der Waals surface area contributed by atoms with Gasteiger partial charge in [-0.25, -0.2) is 9.67 Å². The van der Waals surface area contributed by atoms with E-state index in [-0.39, 0.29) is 0 Å². The van der Waals surface area contributed by atoms with Crippen molar-refractivity contribution in [2.75, 3.05) is 6.54 Å². The number of hydrogen-bond donors (Lipinski definition) is 1. The fraction of sp³-hybridized carbons (Fsp3) is 0.818. The molecule has 0 fully saturated rings. The largest absolute Gasteiger partial charge is 0.310 e. The normalized spacial score (nSPS) is 10.8. The molecule has 4 nitrogen and oxygen atoms in total. The second kappa shape index (κ2) is 7.40. The molecule has 4 heteroatoms. The van der Waals surface area contributed by atoms with Crippen LogP contribution < -0.4 is 5.32 Å². The molecule has 0 saturated carbocycles. The van der Waals surface area contributed by atoms with E-state index in [4.69, 9.17) is 0 Å². The summed E-state index contributed by atoms with van der Waals surface area (Å²) in [6, 6.07) is 0. The summed E-state index contributed by atoms with van der Waals surface area (Å²) in [6.07, 6.45) is 6.84. The smallest absolute Gasteiger partial charge is 0.140 e. The third-order valence-corrected chi connectivity index (χ3v) is 2.49. The van der Waals surface area contributed by atoms with Crippen LogP contribution in [0.4, 0.5) is 0 Å². The molecule has 1 rings (SSSR count). The highest BCUT2D eigenvalue weighted by molar-refractivity contribution is 4.83. The lowest BCUT2D eigenvalue weighted by Crippen LogP contribution is -2.18. The second-order valence-electron chi connectivity index (χ2n) is 3.73. The summed E-state index contributed by atoms with van der Waals surface area (Å²) in [5.74, 6) is 1.04. The minimum atomic E-state index is 0.833. The molecule has 0 aromatic carbocycles. The molecule has 1 aromatic rings. The van der Waals surface area contributed by atoms with Gasteiger partial charge in [-0.05, 0) is 19.9 Å². The van der Waals surface area contributed by atoms with Crippen LogP contribution in [0, 0.1) is 0 Å². The van der Waals surface area contributed by atoms with E-state index in [1.54, 1.807) is 6.33 Å². The second-order valence-corrected chi connectivity index (χ2v) is 3.73. The minimum Gasteiger partial charge on any atom is -0.310 e. The molecule has 86 valence electrons. The van der Waals surface area contributed by atoms with Crippen LogP contribution in [0.2, 0.25) is 0 Å². The molecule has 1 aromatic heterocycles. The molecular formula is C11H22N4. The zero-order valence-corrected chi connectivity index (χ0v) is 9.87. The third-order valence-electron chi connectivity index (χ3n) is 2.49. The zero-order chi connectivity index (χ0) is 10.9. The van der Waals surface area contributed by atoms with Gasteiger partial charge in [0.1, 0.15) is 12.2 Å². The molecule has 15 heavy (non-hydrogen) atoms. The maximum absolute atomic E-state index is 4.21. The summed E-state index contributed by atoms with van der Waals surface area (Å²) in [4.78, 5) is 4.21. The van der Waals surface area contributed by atoms with Gasteiger partial charge in [-0.1, -0.05) is 26.2 Å². The van der Waals surface area contributed by atoms with Crippen LogP contribution in [0.1, 0.15) is 45.4 Å². The van der Waals surface area contributed by atoms with Gasteiger partial charge in [-0.3, -0.25) is 0 Å². The van der Waals surface area contributed by atoms with Gasteiger partial charge >= 0.3 is 0 Å². The standard InChI is InChI=1S/C11H22N4/c1-3-5-6-7-8-12-9-11-13-10-14-15(11)4-2/h10,12H,3-9H2,1-2H3. The van der Waals surface area contributed by atoms with Gasteiger partial charge < -0.3 is 5.32 Å². The van der Waals surface area contributed by atoms with Gasteiger partial charge in [0, 0.05) is 6.54 Å². The van der Waals surface area contributed by atoms with Gasteiger partial charge in [-0.15, -0.1) is 0 Å². The lowest BCUT2D eigenvalue weighted by Gasteiger charge is -2.04. The zero-order valence-electron chi connectivity index (χ0n) is 9.87. The Morgan fingerprint density at radius 1 is 1.27 bits per heavy atom. The highest BCUT2D eigenvalue weighted by atomic mass is 15.3. The van der Waals surface area contributed by atoms with Gasteiger partial charge in [-0.2, -0.15) is 5.10 Å². The Labute approximate surface area is 92.1 Å². The van der Waals surface area contributed by atoms with Gasteiger partial charge in [0.05, 0.1) is 6.54 Å². The maximum atomic E-state index is 4.21. The third kappa shape index (κ3) is 4.42. The first kappa shape index (κ1) is 12.2. The Balaban J connectivity index is 2.09. The Bertz CT molecular complexity index is 257. The van der Waals surface area contributed by atoms with Crippen LogP contribution in [0.15, 0.2) is 6.33 Å². The maximum Gasteiger partial charge on any atom is 0.140 e. The fourth-order valence-electron chi connectivity index (χ4n) is 1.57. The molecule has 0 saturated heterocycles. The van der Waals surface area contributed by atoms with Gasteiger partial charge in [0.2, 0.25) is 0 Å². The summed E-state index contributed by atoms with van der Waals surface area (Å²) in [7, 11) is 0. The molecule has 1 heterocycles. The lowest BCUT2D eigenvalue weighted by atomic mass is 10.2. The van der Waals surface area contributed by atoms with Crippen LogP contribution in [-0.2, 0) is 13.1 Å². The number of aromatic nitrogens is 3. The molecule has 0 unspecified atom stereocenters. The lowest BCUT2D eigenvalue weighted by molar-refractivity contribution is 0.550. The minimum absolute atomic E-state index is 0.833. The summed E-state index contributed by atoms with van der Waals surface area (Å²) < 4.78 is 1.93. The van der Waals surface area contributed by atoms with E-state index in [1.807, 2.05) is 4.68 Å². The van der Waals surface area contributed by atoms with E-state index < -0.39 is 0 Å². The van der Waals surface area contributed by atoms with Crippen LogP contribution in [0.3, 0.4) is 0 Å². The van der Waals surface area contributed by atoms with E-state index in [0.29, 0.717) is 0 Å². The molecule has 0 spiro atoms. The monoisotopic (exact) mass is 210 g/mol. The van der Waals surface area contributed by atoms with E-state index >= 15 is 0 Å². The van der Waals surface area contributed by atoms with Crippen LogP contribution in [0.25, 0.3) is 0 Å². The van der Waals surface area contributed by atoms with Crippen LogP contribution in [-0.4, -0.2) is 21.3 Å².